The molecule has 3 rings (SSSR count). The fraction of sp³-hybridized carbons (Fsp3) is 0.350. The van der Waals surface area contributed by atoms with Crippen LogP contribution in [0.2, 0.25) is 0 Å². The summed E-state index contributed by atoms with van der Waals surface area (Å²) in [7, 11) is 0. The van der Waals surface area contributed by atoms with Crippen LogP contribution >= 0.6 is 0 Å². The zero-order valence-electron chi connectivity index (χ0n) is 14.1. The number of piperidine rings is 1. The topological polar surface area (TPSA) is 72.8 Å². The number of aliphatic hydroxyl groups is 2. The van der Waals surface area contributed by atoms with Crippen molar-refractivity contribution < 1.29 is 15.0 Å². The molecule has 5 nitrogen and oxygen atoms in total. The molecule has 0 aromatic heterocycles. The lowest BCUT2D eigenvalue weighted by Gasteiger charge is -2.33. The molecule has 2 atom stereocenters. The van der Waals surface area contributed by atoms with Gasteiger partial charge in [-0.25, -0.2) is 0 Å². The number of likely N-dealkylation sites (tertiary alicyclic amines) is 1. The molecule has 0 aliphatic carbocycles. The molecule has 1 amide bonds. The zero-order valence-corrected chi connectivity index (χ0v) is 14.1. The van der Waals surface area contributed by atoms with Gasteiger partial charge in [0, 0.05) is 31.7 Å². The molecular weight excluding hydrogens is 316 g/mol. The van der Waals surface area contributed by atoms with E-state index in [-0.39, 0.29) is 12.5 Å². The van der Waals surface area contributed by atoms with Gasteiger partial charge in [-0.3, -0.25) is 4.79 Å². The highest BCUT2D eigenvalue weighted by Gasteiger charge is 2.28. The van der Waals surface area contributed by atoms with Gasteiger partial charge in [0.15, 0.2) is 0 Å². The van der Waals surface area contributed by atoms with Gasteiger partial charge in [0.05, 0.1) is 12.2 Å². The van der Waals surface area contributed by atoms with Crippen LogP contribution in [-0.4, -0.2) is 52.9 Å². The van der Waals surface area contributed by atoms with Crippen molar-refractivity contribution in [1.82, 2.24) is 4.90 Å². The predicted octanol–water partition coefficient (Wildman–Crippen LogP) is 2.11. The molecule has 3 N–H and O–H groups in total. The highest BCUT2D eigenvalue weighted by atomic mass is 16.3. The van der Waals surface area contributed by atoms with Crippen molar-refractivity contribution >= 4 is 11.6 Å². The SMILES string of the molecule is O=C(CCNc1ccc(-c2ccccc2)cc1)N1CC[C@H](O)[C@@H](O)C1. The number of rotatable bonds is 5. The van der Waals surface area contributed by atoms with Gasteiger partial charge in [0.2, 0.25) is 5.91 Å². The summed E-state index contributed by atoms with van der Waals surface area (Å²) < 4.78 is 0. The summed E-state index contributed by atoms with van der Waals surface area (Å²) in [6.45, 7) is 1.26. The minimum absolute atomic E-state index is 0.000597. The number of anilines is 1. The second kappa shape index (κ2) is 8.14. The lowest BCUT2D eigenvalue weighted by atomic mass is 10.0. The molecule has 0 saturated carbocycles. The van der Waals surface area contributed by atoms with E-state index in [4.69, 9.17) is 0 Å². The zero-order chi connectivity index (χ0) is 17.6. The van der Waals surface area contributed by atoms with E-state index in [9.17, 15) is 15.0 Å². The first-order chi connectivity index (χ1) is 12.1. The lowest BCUT2D eigenvalue weighted by Crippen LogP contribution is -2.49. The van der Waals surface area contributed by atoms with Crippen LogP contribution in [0.1, 0.15) is 12.8 Å². The smallest absolute Gasteiger partial charge is 0.224 e. The Hall–Kier alpha value is -2.37. The summed E-state index contributed by atoms with van der Waals surface area (Å²) in [5.74, 6) is -0.000597. The van der Waals surface area contributed by atoms with E-state index in [1.165, 1.54) is 5.56 Å². The maximum absolute atomic E-state index is 12.2. The Bertz CT molecular complexity index is 688. The molecule has 0 radical (unpaired) electrons. The fourth-order valence-corrected chi connectivity index (χ4v) is 3.03. The monoisotopic (exact) mass is 340 g/mol. The van der Waals surface area contributed by atoms with E-state index in [0.29, 0.717) is 25.9 Å². The number of β-amino-alcohol motifs (C(OH)–C–C–N with tert-alkyl or cyclic N) is 1. The van der Waals surface area contributed by atoms with Gasteiger partial charge in [-0.05, 0) is 29.7 Å². The van der Waals surface area contributed by atoms with Crippen LogP contribution in [0.25, 0.3) is 11.1 Å². The van der Waals surface area contributed by atoms with Crippen LogP contribution in [-0.2, 0) is 4.79 Å². The van der Waals surface area contributed by atoms with Gasteiger partial charge in [0.25, 0.3) is 0 Å². The van der Waals surface area contributed by atoms with Crippen molar-refractivity contribution in [1.29, 1.82) is 0 Å². The number of aliphatic hydroxyl groups excluding tert-OH is 2. The molecule has 1 saturated heterocycles. The summed E-state index contributed by atoms with van der Waals surface area (Å²) in [4.78, 5) is 13.8. The Morgan fingerprint density at radius 1 is 1.00 bits per heavy atom. The lowest BCUT2D eigenvalue weighted by molar-refractivity contribution is -0.137. The molecule has 1 aliphatic heterocycles. The Morgan fingerprint density at radius 3 is 2.36 bits per heavy atom. The van der Waals surface area contributed by atoms with Crippen molar-refractivity contribution in [3.8, 4) is 11.1 Å². The molecular formula is C20H24N2O3. The van der Waals surface area contributed by atoms with Gasteiger partial charge in [0.1, 0.15) is 0 Å². The third-order valence-corrected chi connectivity index (χ3v) is 4.56. The summed E-state index contributed by atoms with van der Waals surface area (Å²) in [6, 6.07) is 18.3. The second-order valence-corrected chi connectivity index (χ2v) is 6.38. The van der Waals surface area contributed by atoms with E-state index < -0.39 is 12.2 Å². The first-order valence-corrected chi connectivity index (χ1v) is 8.67. The van der Waals surface area contributed by atoms with Crippen LogP contribution in [0.3, 0.4) is 0 Å². The molecule has 0 spiro atoms. The average molecular weight is 340 g/mol. The van der Waals surface area contributed by atoms with E-state index in [1.807, 2.05) is 30.3 Å². The van der Waals surface area contributed by atoms with Gasteiger partial charge in [-0.15, -0.1) is 0 Å². The molecule has 2 aromatic carbocycles. The van der Waals surface area contributed by atoms with Gasteiger partial charge >= 0.3 is 0 Å². The van der Waals surface area contributed by atoms with Crippen molar-refractivity contribution in [3.63, 3.8) is 0 Å². The minimum Gasteiger partial charge on any atom is -0.390 e. The number of benzene rings is 2. The van der Waals surface area contributed by atoms with Gasteiger partial charge in [-0.2, -0.15) is 0 Å². The van der Waals surface area contributed by atoms with E-state index in [2.05, 4.69) is 29.6 Å². The molecule has 1 fully saturated rings. The van der Waals surface area contributed by atoms with Crippen LogP contribution < -0.4 is 5.32 Å². The average Bonchev–Trinajstić information content (AvgIpc) is 2.65. The molecule has 2 aromatic rings. The normalized spacial score (nSPS) is 20.3. The van der Waals surface area contributed by atoms with E-state index in [1.54, 1.807) is 4.90 Å². The van der Waals surface area contributed by atoms with Crippen LogP contribution in [0.5, 0.6) is 0 Å². The predicted molar refractivity (Wildman–Crippen MR) is 98.2 cm³/mol. The van der Waals surface area contributed by atoms with Crippen LogP contribution in [0.15, 0.2) is 54.6 Å². The maximum Gasteiger partial charge on any atom is 0.224 e. The minimum atomic E-state index is -0.837. The molecule has 5 heteroatoms. The first-order valence-electron chi connectivity index (χ1n) is 8.67. The molecule has 0 bridgehead atoms. The second-order valence-electron chi connectivity index (χ2n) is 6.38. The summed E-state index contributed by atoms with van der Waals surface area (Å²) >= 11 is 0. The van der Waals surface area contributed by atoms with E-state index in [0.717, 1.165) is 11.3 Å². The van der Waals surface area contributed by atoms with Crippen LogP contribution in [0.4, 0.5) is 5.69 Å². The quantitative estimate of drug-likeness (QED) is 0.779. The Balaban J connectivity index is 1.47. The molecule has 1 aliphatic rings. The third-order valence-electron chi connectivity index (χ3n) is 4.56. The standard InChI is InChI=1S/C20H24N2O3/c23-18-11-13-22(14-19(18)24)20(25)10-12-21-17-8-6-16(7-9-17)15-4-2-1-3-5-15/h1-9,18-19,21,23-24H,10-14H2/t18-,19-/m0/s1. The Labute approximate surface area is 147 Å². The van der Waals surface area contributed by atoms with Crippen molar-refractivity contribution in [2.75, 3.05) is 25.0 Å². The summed E-state index contributed by atoms with van der Waals surface area (Å²) in [5, 5.41) is 22.4. The largest absolute Gasteiger partial charge is 0.390 e. The molecule has 25 heavy (non-hydrogen) atoms. The number of carbonyl (C=O) groups excluding carboxylic acids is 1. The first kappa shape index (κ1) is 17.5. The number of nitrogens with one attached hydrogen (secondary N) is 1. The van der Waals surface area contributed by atoms with E-state index >= 15 is 0 Å². The third kappa shape index (κ3) is 4.59. The molecule has 1 heterocycles. The Kier molecular flexibility index (Phi) is 5.68. The number of carbonyl (C=O) groups is 1. The number of amides is 1. The van der Waals surface area contributed by atoms with Gasteiger partial charge in [-0.1, -0.05) is 42.5 Å². The maximum atomic E-state index is 12.2. The van der Waals surface area contributed by atoms with Crippen LogP contribution in [0, 0.1) is 0 Å². The van der Waals surface area contributed by atoms with Crippen molar-refractivity contribution in [2.45, 2.75) is 25.0 Å². The van der Waals surface area contributed by atoms with Crippen molar-refractivity contribution in [2.24, 2.45) is 0 Å². The Morgan fingerprint density at radius 2 is 1.68 bits per heavy atom. The summed E-state index contributed by atoms with van der Waals surface area (Å²) in [5.41, 5.74) is 3.31. The highest BCUT2D eigenvalue weighted by molar-refractivity contribution is 5.77. The number of hydrogen-bond donors (Lipinski definition) is 3. The van der Waals surface area contributed by atoms with Crippen molar-refractivity contribution in [3.05, 3.63) is 54.6 Å². The number of hydrogen-bond acceptors (Lipinski definition) is 4. The summed E-state index contributed by atoms with van der Waals surface area (Å²) in [6.07, 6.45) is -0.758. The van der Waals surface area contributed by atoms with Gasteiger partial charge < -0.3 is 20.4 Å². The number of nitrogens with zero attached hydrogens (tertiary/aromatic N) is 1. The fourth-order valence-electron chi connectivity index (χ4n) is 3.03. The molecule has 132 valence electrons. The molecule has 0 unspecified atom stereocenters. The highest BCUT2D eigenvalue weighted by Crippen LogP contribution is 2.21.